The first-order chi connectivity index (χ1) is 7.54. The number of halogens is 1. The van der Waals surface area contributed by atoms with Gasteiger partial charge in [-0.15, -0.1) is 0 Å². The second kappa shape index (κ2) is 6.22. The van der Waals surface area contributed by atoms with Crippen LogP contribution in [-0.2, 0) is 11.2 Å². The first-order valence-electron chi connectivity index (χ1n) is 4.73. The zero-order chi connectivity index (χ0) is 12.1. The maximum absolute atomic E-state index is 11.8. The molecule has 0 bridgehead atoms. The van der Waals surface area contributed by atoms with E-state index in [1.807, 2.05) is 6.92 Å². The van der Waals surface area contributed by atoms with Crippen molar-refractivity contribution in [3.05, 3.63) is 34.4 Å². The van der Waals surface area contributed by atoms with E-state index in [0.29, 0.717) is 16.6 Å². The summed E-state index contributed by atoms with van der Waals surface area (Å²) in [5.41, 5.74) is 0.0225. The van der Waals surface area contributed by atoms with Gasteiger partial charge in [0.15, 0.2) is 4.90 Å². The average Bonchev–Trinajstić information content (AvgIpc) is 2.28. The Morgan fingerprint density at radius 1 is 1.44 bits per heavy atom. The summed E-state index contributed by atoms with van der Waals surface area (Å²) >= 11 is 2.24. The van der Waals surface area contributed by atoms with E-state index in [9.17, 15) is 14.7 Å². The van der Waals surface area contributed by atoms with Crippen LogP contribution in [0.2, 0.25) is 0 Å². The van der Waals surface area contributed by atoms with Crippen molar-refractivity contribution in [3.63, 3.8) is 0 Å². The summed E-state index contributed by atoms with van der Waals surface area (Å²) in [6.07, 6.45) is 0. The molecule has 2 atom stereocenters. The lowest BCUT2D eigenvalue weighted by Crippen LogP contribution is -2.15. The molecule has 16 heavy (non-hydrogen) atoms. The van der Waals surface area contributed by atoms with Gasteiger partial charge in [0.1, 0.15) is 5.75 Å². The van der Waals surface area contributed by atoms with Gasteiger partial charge in [-0.3, -0.25) is 10.1 Å². The minimum absolute atomic E-state index is 0.0225. The monoisotopic (exact) mass is 305 g/mol. The molecule has 0 saturated heterocycles. The third-order valence-corrected chi connectivity index (χ3v) is 4.78. The molecule has 1 rings (SSSR count). The number of non-ortho nitro benzene ring substituents is 1. The van der Waals surface area contributed by atoms with E-state index in [-0.39, 0.29) is 5.69 Å². The molecule has 0 aliphatic heterocycles. The first-order valence-corrected chi connectivity index (χ1v) is 7.17. The largest absolute Gasteiger partial charge is 0.611 e. The van der Waals surface area contributed by atoms with Crippen molar-refractivity contribution in [1.82, 2.24) is 0 Å². The van der Waals surface area contributed by atoms with Crippen molar-refractivity contribution in [2.45, 2.75) is 11.8 Å². The highest BCUT2D eigenvalue weighted by Gasteiger charge is 2.16. The van der Waals surface area contributed by atoms with Gasteiger partial charge in [-0.2, -0.15) is 0 Å². The fraction of sp³-hybridized carbons (Fsp3) is 0.400. The van der Waals surface area contributed by atoms with Crippen molar-refractivity contribution in [1.29, 1.82) is 0 Å². The van der Waals surface area contributed by atoms with Gasteiger partial charge in [0, 0.05) is 23.4 Å². The van der Waals surface area contributed by atoms with Crippen LogP contribution < -0.4 is 0 Å². The van der Waals surface area contributed by atoms with E-state index in [1.165, 1.54) is 12.1 Å². The number of nitrogens with zero attached hydrogens (tertiary/aromatic N) is 1. The first kappa shape index (κ1) is 13.5. The summed E-state index contributed by atoms with van der Waals surface area (Å²) in [5, 5.41) is 11.2. The molecule has 0 fully saturated rings. The van der Waals surface area contributed by atoms with Gasteiger partial charge >= 0.3 is 0 Å². The lowest BCUT2D eigenvalue weighted by Gasteiger charge is -2.13. The minimum Gasteiger partial charge on any atom is -0.611 e. The van der Waals surface area contributed by atoms with Crippen molar-refractivity contribution >= 4 is 32.8 Å². The fourth-order valence-corrected chi connectivity index (χ4v) is 2.92. The average molecular weight is 306 g/mol. The third-order valence-electron chi connectivity index (χ3n) is 2.01. The van der Waals surface area contributed by atoms with Crippen LogP contribution in [0.25, 0.3) is 0 Å². The Kier molecular flexibility index (Phi) is 5.24. The Balaban J connectivity index is 2.70. The molecule has 0 saturated carbocycles. The zero-order valence-corrected chi connectivity index (χ0v) is 11.2. The van der Waals surface area contributed by atoms with E-state index in [2.05, 4.69) is 15.9 Å². The Morgan fingerprint density at radius 3 is 2.44 bits per heavy atom. The Labute approximate surface area is 106 Å². The number of rotatable bonds is 5. The van der Waals surface area contributed by atoms with Gasteiger partial charge in [0.25, 0.3) is 5.69 Å². The predicted molar refractivity (Wildman–Crippen MR) is 67.3 cm³/mol. The Morgan fingerprint density at radius 2 is 2.00 bits per heavy atom. The molecule has 88 valence electrons. The summed E-state index contributed by atoms with van der Waals surface area (Å²) in [5.74, 6) is 0.874. The van der Waals surface area contributed by atoms with Crippen LogP contribution in [0.3, 0.4) is 0 Å². The molecule has 0 aromatic heterocycles. The van der Waals surface area contributed by atoms with Crippen LogP contribution in [0.4, 0.5) is 5.69 Å². The molecule has 2 unspecified atom stereocenters. The standard InChI is InChI=1S/C10H12BrNO3S/c1-8(6-11)7-16(15)10-4-2-9(3-5-10)12(13)14/h2-5,8H,6-7H2,1H3. The van der Waals surface area contributed by atoms with Gasteiger partial charge in [-0.1, -0.05) is 22.9 Å². The topological polar surface area (TPSA) is 66.2 Å². The van der Waals surface area contributed by atoms with Crippen molar-refractivity contribution in [3.8, 4) is 0 Å². The predicted octanol–water partition coefficient (Wildman–Crippen LogP) is 2.73. The molecule has 0 radical (unpaired) electrons. The van der Waals surface area contributed by atoms with E-state index in [1.54, 1.807) is 12.1 Å². The molecule has 1 aromatic rings. The fourth-order valence-electron chi connectivity index (χ4n) is 1.12. The van der Waals surface area contributed by atoms with Crippen LogP contribution in [0, 0.1) is 16.0 Å². The minimum atomic E-state index is -1.09. The highest BCUT2D eigenvalue weighted by molar-refractivity contribution is 9.09. The van der Waals surface area contributed by atoms with Crippen molar-refractivity contribution in [2.75, 3.05) is 11.1 Å². The van der Waals surface area contributed by atoms with Gasteiger partial charge in [-0.05, 0) is 23.3 Å². The molecule has 0 aliphatic carbocycles. The summed E-state index contributed by atoms with van der Waals surface area (Å²) in [6, 6.07) is 5.86. The third kappa shape index (κ3) is 3.77. The maximum Gasteiger partial charge on any atom is 0.269 e. The summed E-state index contributed by atoms with van der Waals surface area (Å²) in [4.78, 5) is 10.6. The molecule has 0 N–H and O–H groups in total. The number of nitro benzene ring substituents is 1. The lowest BCUT2D eigenvalue weighted by molar-refractivity contribution is -0.384. The van der Waals surface area contributed by atoms with Crippen molar-refractivity contribution in [2.24, 2.45) is 5.92 Å². The van der Waals surface area contributed by atoms with Gasteiger partial charge in [-0.25, -0.2) is 0 Å². The molecule has 6 heteroatoms. The number of hydrogen-bond donors (Lipinski definition) is 0. The van der Waals surface area contributed by atoms with Gasteiger partial charge < -0.3 is 4.55 Å². The Hall–Kier alpha value is -0.590. The summed E-state index contributed by atoms with van der Waals surface area (Å²) in [6.45, 7) is 2.00. The second-order valence-corrected chi connectivity index (χ2v) is 5.67. The number of benzene rings is 1. The second-order valence-electron chi connectivity index (χ2n) is 3.52. The SMILES string of the molecule is CC(CBr)C[S+]([O-])c1ccc([N+](=O)[O-])cc1. The van der Waals surface area contributed by atoms with Crippen LogP contribution >= 0.6 is 15.9 Å². The van der Waals surface area contributed by atoms with Crippen LogP contribution in [0.15, 0.2) is 29.2 Å². The van der Waals surface area contributed by atoms with Crippen LogP contribution in [0.5, 0.6) is 0 Å². The summed E-state index contributed by atoms with van der Waals surface area (Å²) < 4.78 is 11.8. The van der Waals surface area contributed by atoms with E-state index in [0.717, 1.165) is 5.33 Å². The molecule has 0 heterocycles. The zero-order valence-electron chi connectivity index (χ0n) is 8.76. The number of hydrogen-bond acceptors (Lipinski definition) is 3. The Bertz CT molecular complexity index is 358. The van der Waals surface area contributed by atoms with Crippen LogP contribution in [0.1, 0.15) is 6.92 Å². The van der Waals surface area contributed by atoms with Gasteiger partial charge in [0.2, 0.25) is 0 Å². The van der Waals surface area contributed by atoms with Crippen LogP contribution in [-0.4, -0.2) is 20.6 Å². The van der Waals surface area contributed by atoms with Gasteiger partial charge in [0.05, 0.1) is 4.92 Å². The maximum atomic E-state index is 11.8. The highest BCUT2D eigenvalue weighted by Crippen LogP contribution is 2.19. The molecule has 1 aromatic carbocycles. The number of alkyl halides is 1. The molecular weight excluding hydrogens is 294 g/mol. The molecular formula is C10H12BrNO3S. The van der Waals surface area contributed by atoms with E-state index >= 15 is 0 Å². The lowest BCUT2D eigenvalue weighted by atomic mass is 10.3. The summed E-state index contributed by atoms with van der Waals surface area (Å²) in [7, 11) is 0. The molecule has 4 nitrogen and oxygen atoms in total. The van der Waals surface area contributed by atoms with E-state index < -0.39 is 16.1 Å². The highest BCUT2D eigenvalue weighted by atomic mass is 79.9. The van der Waals surface area contributed by atoms with Crippen molar-refractivity contribution < 1.29 is 9.48 Å². The van der Waals surface area contributed by atoms with E-state index in [4.69, 9.17) is 0 Å². The smallest absolute Gasteiger partial charge is 0.269 e. The quantitative estimate of drug-likeness (QED) is 0.363. The number of nitro groups is 1. The molecule has 0 amide bonds. The normalized spacial score (nSPS) is 14.4. The molecule has 0 spiro atoms. The molecule has 0 aliphatic rings.